The van der Waals surface area contributed by atoms with E-state index in [4.69, 9.17) is 4.74 Å². The summed E-state index contributed by atoms with van der Waals surface area (Å²) in [6.07, 6.45) is 1.35. The Kier molecular flexibility index (Phi) is 5.35. The molecule has 1 aromatic rings. The van der Waals surface area contributed by atoms with E-state index in [0.717, 1.165) is 4.31 Å². The molecule has 0 aromatic heterocycles. The van der Waals surface area contributed by atoms with Gasteiger partial charge in [0.15, 0.2) is 0 Å². The molecule has 0 saturated carbocycles. The van der Waals surface area contributed by atoms with Gasteiger partial charge in [0.05, 0.1) is 12.3 Å². The van der Waals surface area contributed by atoms with Crippen molar-refractivity contribution in [3.8, 4) is 0 Å². The van der Waals surface area contributed by atoms with Crippen LogP contribution in [0.25, 0.3) is 0 Å². The monoisotopic (exact) mass is 355 g/mol. The minimum atomic E-state index is -4.04. The van der Waals surface area contributed by atoms with Crippen molar-refractivity contribution in [2.24, 2.45) is 4.40 Å². The number of methoxy groups -OCH3 is 1. The summed E-state index contributed by atoms with van der Waals surface area (Å²) in [4.78, 5) is 12.4. The number of rotatable bonds is 5. The van der Waals surface area contributed by atoms with Gasteiger partial charge in [-0.1, -0.05) is 0 Å². The highest BCUT2D eigenvalue weighted by Gasteiger charge is 2.30. The molecule has 0 fully saturated rings. The Balaban J connectivity index is 2.37. The van der Waals surface area contributed by atoms with Gasteiger partial charge < -0.3 is 10.1 Å². The van der Waals surface area contributed by atoms with Crippen LogP contribution in [0.1, 0.15) is 12.5 Å². The van der Waals surface area contributed by atoms with Crippen LogP contribution in [-0.4, -0.2) is 51.1 Å². The number of carbonyl (C=O) groups is 1. The zero-order valence-electron chi connectivity index (χ0n) is 13.5. The number of allylic oxidation sites excluding steroid dienone is 1. The third kappa shape index (κ3) is 3.98. The van der Waals surface area contributed by atoms with E-state index >= 15 is 0 Å². The van der Waals surface area contributed by atoms with Gasteiger partial charge in [-0.2, -0.15) is 8.42 Å². The van der Waals surface area contributed by atoms with Crippen LogP contribution in [0.15, 0.2) is 40.4 Å². The van der Waals surface area contributed by atoms with Crippen molar-refractivity contribution in [1.29, 1.82) is 0 Å². The fraction of sp³-hybridized carbons (Fsp3) is 0.333. The number of carbonyl (C=O) groups excluding carboxylic acids is 1. The summed E-state index contributed by atoms with van der Waals surface area (Å²) in [5, 5.41) is 2.65. The lowest BCUT2D eigenvalue weighted by Crippen LogP contribution is -2.42. The molecule has 1 aromatic carbocycles. The Bertz CT molecular complexity index is 787. The molecule has 0 aliphatic carbocycles. The lowest BCUT2D eigenvalue weighted by Gasteiger charge is -2.24. The van der Waals surface area contributed by atoms with Gasteiger partial charge in [-0.25, -0.2) is 8.70 Å². The Morgan fingerprint density at radius 3 is 2.58 bits per heavy atom. The third-order valence-electron chi connectivity index (χ3n) is 3.34. The van der Waals surface area contributed by atoms with Gasteiger partial charge in [0.25, 0.3) is 5.91 Å². The second kappa shape index (κ2) is 7.10. The smallest absolute Gasteiger partial charge is 0.345 e. The van der Waals surface area contributed by atoms with Crippen LogP contribution in [0.3, 0.4) is 0 Å². The second-order valence-corrected chi connectivity index (χ2v) is 6.91. The maximum absolute atomic E-state index is 13.0. The molecule has 130 valence electrons. The summed E-state index contributed by atoms with van der Waals surface area (Å²) >= 11 is 0. The van der Waals surface area contributed by atoms with Gasteiger partial charge in [0.2, 0.25) is 0 Å². The van der Waals surface area contributed by atoms with Gasteiger partial charge in [-0.05, 0) is 37.3 Å². The van der Waals surface area contributed by atoms with Crippen LogP contribution < -0.4 is 5.32 Å². The third-order valence-corrected chi connectivity index (χ3v) is 4.66. The first kappa shape index (κ1) is 18.1. The van der Waals surface area contributed by atoms with Gasteiger partial charge in [0.1, 0.15) is 11.5 Å². The summed E-state index contributed by atoms with van der Waals surface area (Å²) in [7, 11) is -1.30. The van der Waals surface area contributed by atoms with Crippen molar-refractivity contribution in [3.63, 3.8) is 0 Å². The van der Waals surface area contributed by atoms with E-state index in [-0.39, 0.29) is 24.1 Å². The van der Waals surface area contributed by atoms with Gasteiger partial charge >= 0.3 is 10.2 Å². The summed E-state index contributed by atoms with van der Waals surface area (Å²) in [5.74, 6) is -1.02. The zero-order chi connectivity index (χ0) is 17.9. The fourth-order valence-electron chi connectivity index (χ4n) is 2.11. The average molecular weight is 355 g/mol. The van der Waals surface area contributed by atoms with Crippen molar-refractivity contribution >= 4 is 21.8 Å². The number of halogens is 1. The number of nitrogens with one attached hydrogen (secondary N) is 1. The number of amides is 1. The molecule has 1 amide bonds. The molecule has 0 spiro atoms. The van der Waals surface area contributed by atoms with Crippen LogP contribution in [0.5, 0.6) is 0 Å². The minimum Gasteiger partial charge on any atom is -0.383 e. The highest BCUT2D eigenvalue weighted by Crippen LogP contribution is 2.20. The zero-order valence-corrected chi connectivity index (χ0v) is 14.3. The van der Waals surface area contributed by atoms with Crippen LogP contribution >= 0.6 is 0 Å². The van der Waals surface area contributed by atoms with E-state index in [1.807, 2.05) is 0 Å². The topological polar surface area (TPSA) is 88.1 Å². The molecule has 0 radical (unpaired) electrons. The van der Waals surface area contributed by atoms with Gasteiger partial charge in [0, 0.05) is 25.8 Å². The highest BCUT2D eigenvalue weighted by molar-refractivity contribution is 7.88. The largest absolute Gasteiger partial charge is 0.383 e. The molecule has 2 rings (SSSR count). The second-order valence-electron chi connectivity index (χ2n) is 5.29. The van der Waals surface area contributed by atoms with E-state index in [1.54, 1.807) is 6.92 Å². The fourth-order valence-corrected chi connectivity index (χ4v) is 3.02. The summed E-state index contributed by atoms with van der Waals surface area (Å²) < 4.78 is 46.8. The first-order valence-corrected chi connectivity index (χ1v) is 8.50. The van der Waals surface area contributed by atoms with E-state index in [9.17, 15) is 17.6 Å². The van der Waals surface area contributed by atoms with Crippen molar-refractivity contribution in [2.45, 2.75) is 13.0 Å². The molecule has 7 nitrogen and oxygen atoms in total. The number of nitrogens with zero attached hydrogens (tertiary/aromatic N) is 2. The standard InChI is InChI=1S/C15H18FN3O4S/c1-10(9-23-3)17-15(20)14-8-13(18-24(21,22)19(14)2)11-4-6-12(16)7-5-11/h4-8,10H,9H2,1-3H3,(H,17,20)/t10-/m0/s1. The number of hydrogen-bond acceptors (Lipinski definition) is 4. The van der Waals surface area contributed by atoms with Gasteiger partial charge in [-0.3, -0.25) is 4.79 Å². The molecule has 0 saturated heterocycles. The Morgan fingerprint density at radius 1 is 1.38 bits per heavy atom. The van der Waals surface area contributed by atoms with Crippen LogP contribution in [0.4, 0.5) is 4.39 Å². The van der Waals surface area contributed by atoms with Gasteiger partial charge in [-0.15, -0.1) is 4.40 Å². The minimum absolute atomic E-state index is 0.0673. The van der Waals surface area contributed by atoms with Crippen LogP contribution in [0, 0.1) is 5.82 Å². The number of likely N-dealkylation sites (N-methyl/N-ethyl adjacent to an activating group) is 1. The quantitative estimate of drug-likeness (QED) is 0.848. The highest BCUT2D eigenvalue weighted by atomic mass is 32.2. The van der Waals surface area contributed by atoms with Crippen LogP contribution in [0.2, 0.25) is 0 Å². The SMILES string of the molecule is COC[C@H](C)NC(=O)C1=CC(c2ccc(F)cc2)=NS(=O)(=O)N1C. The summed E-state index contributed by atoms with van der Waals surface area (Å²) in [6, 6.07) is 4.88. The van der Waals surface area contributed by atoms with E-state index < -0.39 is 21.9 Å². The molecule has 1 aliphatic heterocycles. The molecule has 9 heteroatoms. The average Bonchev–Trinajstić information content (AvgIpc) is 2.50. The molecular weight excluding hydrogens is 337 g/mol. The van der Waals surface area contributed by atoms with Crippen LogP contribution in [-0.2, 0) is 19.7 Å². The van der Waals surface area contributed by atoms with E-state index in [0.29, 0.717) is 5.56 Å². The Hall–Kier alpha value is -2.26. The van der Waals surface area contributed by atoms with E-state index in [2.05, 4.69) is 9.71 Å². The molecule has 24 heavy (non-hydrogen) atoms. The molecule has 0 unspecified atom stereocenters. The maximum Gasteiger partial charge on any atom is 0.345 e. The normalized spacial score (nSPS) is 17.8. The summed E-state index contributed by atoms with van der Waals surface area (Å²) in [6.45, 7) is 2.02. The molecule has 1 N–H and O–H groups in total. The Morgan fingerprint density at radius 2 is 2.00 bits per heavy atom. The molecule has 1 heterocycles. The van der Waals surface area contributed by atoms with Crippen molar-refractivity contribution in [1.82, 2.24) is 9.62 Å². The lowest BCUT2D eigenvalue weighted by atomic mass is 10.1. The number of hydrogen-bond donors (Lipinski definition) is 1. The summed E-state index contributed by atoms with van der Waals surface area (Å²) in [5.41, 5.74) is 0.383. The maximum atomic E-state index is 13.0. The Labute approximate surface area is 140 Å². The number of benzene rings is 1. The van der Waals surface area contributed by atoms with Crippen molar-refractivity contribution < 1.29 is 22.3 Å². The molecular formula is C15H18FN3O4S. The lowest BCUT2D eigenvalue weighted by molar-refractivity contribution is -0.119. The van der Waals surface area contributed by atoms with Crippen molar-refractivity contribution in [3.05, 3.63) is 47.4 Å². The van der Waals surface area contributed by atoms with Crippen molar-refractivity contribution in [2.75, 3.05) is 20.8 Å². The molecule has 0 bridgehead atoms. The molecule has 1 aliphatic rings. The molecule has 1 atom stereocenters. The van der Waals surface area contributed by atoms with E-state index in [1.165, 1.54) is 44.5 Å². The first-order valence-electron chi connectivity index (χ1n) is 7.11. The predicted octanol–water partition coefficient (Wildman–Crippen LogP) is 0.840. The predicted molar refractivity (Wildman–Crippen MR) is 87.2 cm³/mol. The number of ether oxygens (including phenoxy) is 1. The first-order chi connectivity index (χ1) is 11.2.